The van der Waals surface area contributed by atoms with Crippen molar-refractivity contribution < 1.29 is 9.53 Å². The van der Waals surface area contributed by atoms with Gasteiger partial charge in [0.1, 0.15) is 12.2 Å². The molecular formula is C16H27N5O2. The number of hydrogen-bond acceptors (Lipinski definition) is 5. The highest BCUT2D eigenvalue weighted by atomic mass is 16.5. The molecule has 1 atom stereocenters. The van der Waals surface area contributed by atoms with E-state index < -0.39 is 0 Å². The highest BCUT2D eigenvalue weighted by Gasteiger charge is 2.31. The van der Waals surface area contributed by atoms with Crippen LogP contribution in [0.1, 0.15) is 38.4 Å². The van der Waals surface area contributed by atoms with Crippen molar-refractivity contribution in [3.05, 3.63) is 12.2 Å². The maximum Gasteiger partial charge on any atom is 0.237 e. The number of nitrogens with zero attached hydrogens (tertiary/aromatic N) is 4. The summed E-state index contributed by atoms with van der Waals surface area (Å²) < 4.78 is 7.27. The number of aryl methyl sites for hydroxylation is 1. The zero-order chi connectivity index (χ0) is 16.1. The number of aromatic nitrogens is 3. The second-order valence-corrected chi connectivity index (χ2v) is 6.42. The van der Waals surface area contributed by atoms with Gasteiger partial charge in [0.2, 0.25) is 5.91 Å². The third-order valence-electron chi connectivity index (χ3n) is 4.91. The van der Waals surface area contributed by atoms with Crippen molar-refractivity contribution in [1.82, 2.24) is 25.0 Å². The van der Waals surface area contributed by atoms with Crippen molar-refractivity contribution in [3.8, 4) is 0 Å². The molecule has 1 N–H and O–H groups in total. The number of amides is 1. The molecule has 7 nitrogen and oxygen atoms in total. The van der Waals surface area contributed by atoms with Crippen molar-refractivity contribution in [1.29, 1.82) is 0 Å². The summed E-state index contributed by atoms with van der Waals surface area (Å²) in [5, 5.41) is 7.36. The molecule has 0 spiro atoms. The molecule has 2 saturated heterocycles. The summed E-state index contributed by atoms with van der Waals surface area (Å²) in [5.41, 5.74) is 0. The molecular weight excluding hydrogens is 294 g/mol. The molecule has 0 aliphatic carbocycles. The lowest BCUT2D eigenvalue weighted by Gasteiger charge is -2.26. The number of carbonyl (C=O) groups is 1. The van der Waals surface area contributed by atoms with Gasteiger partial charge in [-0.2, -0.15) is 5.10 Å². The Morgan fingerprint density at radius 3 is 3.00 bits per heavy atom. The summed E-state index contributed by atoms with van der Waals surface area (Å²) in [6, 6.07) is -0.0307. The maximum atomic E-state index is 12.6. The summed E-state index contributed by atoms with van der Waals surface area (Å²) in [6.45, 7) is 6.93. The Labute approximate surface area is 137 Å². The summed E-state index contributed by atoms with van der Waals surface area (Å²) in [6.07, 6.45) is 5.69. The van der Waals surface area contributed by atoms with Crippen molar-refractivity contribution in [3.63, 3.8) is 0 Å². The molecule has 2 aliphatic heterocycles. The molecule has 0 aromatic carbocycles. The van der Waals surface area contributed by atoms with Crippen LogP contribution < -0.4 is 5.32 Å². The van der Waals surface area contributed by atoms with E-state index in [4.69, 9.17) is 4.74 Å². The predicted molar refractivity (Wildman–Crippen MR) is 85.7 cm³/mol. The molecule has 0 radical (unpaired) electrons. The summed E-state index contributed by atoms with van der Waals surface area (Å²) in [4.78, 5) is 19.1. The molecule has 2 aliphatic rings. The fourth-order valence-electron chi connectivity index (χ4n) is 3.48. The third-order valence-corrected chi connectivity index (χ3v) is 4.91. The largest absolute Gasteiger partial charge is 0.381 e. The topological polar surface area (TPSA) is 72.3 Å². The zero-order valence-electron chi connectivity index (χ0n) is 13.9. The van der Waals surface area contributed by atoms with E-state index in [1.165, 1.54) is 0 Å². The van der Waals surface area contributed by atoms with Crippen LogP contribution in [0.2, 0.25) is 0 Å². The first kappa shape index (κ1) is 16.4. The normalized spacial score (nSPS) is 23.3. The van der Waals surface area contributed by atoms with Gasteiger partial charge in [0.05, 0.1) is 12.6 Å². The van der Waals surface area contributed by atoms with Gasteiger partial charge in [-0.15, -0.1) is 0 Å². The van der Waals surface area contributed by atoms with Crippen LogP contribution in [0, 0.1) is 5.92 Å². The first-order chi connectivity index (χ1) is 11.3. The number of hydrogen-bond donors (Lipinski definition) is 1. The summed E-state index contributed by atoms with van der Waals surface area (Å²) in [7, 11) is 0. The molecule has 1 aromatic rings. The average molecular weight is 321 g/mol. The van der Waals surface area contributed by atoms with E-state index in [1.54, 1.807) is 6.33 Å². The molecule has 1 unspecified atom stereocenters. The van der Waals surface area contributed by atoms with Gasteiger partial charge in [-0.3, -0.25) is 9.69 Å². The number of nitrogens with one attached hydrogen (secondary N) is 1. The lowest BCUT2D eigenvalue weighted by Crippen LogP contribution is -2.45. The van der Waals surface area contributed by atoms with E-state index in [2.05, 4.69) is 27.2 Å². The van der Waals surface area contributed by atoms with Gasteiger partial charge >= 0.3 is 0 Å². The second-order valence-electron chi connectivity index (χ2n) is 6.42. The van der Waals surface area contributed by atoms with Crippen LogP contribution in [-0.4, -0.2) is 57.9 Å². The van der Waals surface area contributed by atoms with Crippen LogP contribution in [0.3, 0.4) is 0 Å². The summed E-state index contributed by atoms with van der Waals surface area (Å²) >= 11 is 0. The van der Waals surface area contributed by atoms with E-state index in [1.807, 2.05) is 4.68 Å². The third kappa shape index (κ3) is 4.09. The Morgan fingerprint density at radius 2 is 2.22 bits per heavy atom. The van der Waals surface area contributed by atoms with Crippen molar-refractivity contribution in [2.24, 2.45) is 5.92 Å². The van der Waals surface area contributed by atoms with Crippen molar-refractivity contribution in [2.45, 2.75) is 51.7 Å². The molecule has 128 valence electrons. The molecule has 1 aromatic heterocycles. The Morgan fingerprint density at radius 1 is 1.39 bits per heavy atom. The fourth-order valence-corrected chi connectivity index (χ4v) is 3.48. The molecule has 3 heterocycles. The Kier molecular flexibility index (Phi) is 5.61. The fraction of sp³-hybridized carbons (Fsp3) is 0.812. The van der Waals surface area contributed by atoms with E-state index >= 15 is 0 Å². The second kappa shape index (κ2) is 7.88. The molecule has 0 bridgehead atoms. The molecule has 1 amide bonds. The molecule has 23 heavy (non-hydrogen) atoms. The monoisotopic (exact) mass is 321 g/mol. The van der Waals surface area contributed by atoms with Gasteiger partial charge in [0.25, 0.3) is 0 Å². The van der Waals surface area contributed by atoms with Crippen LogP contribution in [0.5, 0.6) is 0 Å². The number of carbonyl (C=O) groups excluding carboxylic acids is 1. The Hall–Kier alpha value is -1.47. The minimum absolute atomic E-state index is 0.0307. The average Bonchev–Trinajstić information content (AvgIpc) is 3.23. The van der Waals surface area contributed by atoms with E-state index in [9.17, 15) is 4.79 Å². The first-order valence-corrected chi connectivity index (χ1v) is 8.74. The SMILES string of the molecule is CCn1ncnc1CN1CCCC1C(=O)NCC1CCOCC1. The lowest BCUT2D eigenvalue weighted by atomic mass is 10.0. The Balaban J connectivity index is 1.52. The summed E-state index contributed by atoms with van der Waals surface area (Å²) in [5.74, 6) is 1.67. The van der Waals surface area contributed by atoms with Crippen LogP contribution in [0.4, 0.5) is 0 Å². The quantitative estimate of drug-likeness (QED) is 0.839. The first-order valence-electron chi connectivity index (χ1n) is 8.74. The maximum absolute atomic E-state index is 12.6. The lowest BCUT2D eigenvalue weighted by molar-refractivity contribution is -0.126. The highest BCUT2D eigenvalue weighted by Crippen LogP contribution is 2.20. The number of rotatable bonds is 6. The van der Waals surface area contributed by atoms with Crippen molar-refractivity contribution in [2.75, 3.05) is 26.3 Å². The van der Waals surface area contributed by atoms with E-state index in [-0.39, 0.29) is 11.9 Å². The highest BCUT2D eigenvalue weighted by molar-refractivity contribution is 5.82. The minimum atomic E-state index is -0.0307. The van der Waals surface area contributed by atoms with Crippen LogP contribution in [0.15, 0.2) is 6.33 Å². The van der Waals surface area contributed by atoms with Gasteiger partial charge in [-0.1, -0.05) is 0 Å². The molecule has 0 saturated carbocycles. The molecule has 3 rings (SSSR count). The van der Waals surface area contributed by atoms with Crippen LogP contribution >= 0.6 is 0 Å². The van der Waals surface area contributed by atoms with E-state index in [0.29, 0.717) is 12.5 Å². The minimum Gasteiger partial charge on any atom is -0.381 e. The standard InChI is InChI=1S/C16H27N5O2/c1-2-21-15(18-12-19-21)11-20-7-3-4-14(20)16(22)17-10-13-5-8-23-9-6-13/h12-14H,2-11H2,1H3,(H,17,22). The Bertz CT molecular complexity index is 512. The number of ether oxygens (including phenoxy) is 1. The van der Waals surface area contributed by atoms with Crippen LogP contribution in [-0.2, 0) is 22.6 Å². The van der Waals surface area contributed by atoms with Gasteiger partial charge in [-0.05, 0) is 45.1 Å². The predicted octanol–water partition coefficient (Wildman–Crippen LogP) is 0.805. The van der Waals surface area contributed by atoms with Crippen molar-refractivity contribution >= 4 is 5.91 Å². The molecule has 2 fully saturated rings. The van der Waals surface area contributed by atoms with Gasteiger partial charge in [0, 0.05) is 26.3 Å². The van der Waals surface area contributed by atoms with Crippen LogP contribution in [0.25, 0.3) is 0 Å². The smallest absolute Gasteiger partial charge is 0.237 e. The van der Waals surface area contributed by atoms with Gasteiger partial charge in [0.15, 0.2) is 0 Å². The zero-order valence-corrected chi connectivity index (χ0v) is 13.9. The van der Waals surface area contributed by atoms with E-state index in [0.717, 1.165) is 64.4 Å². The van der Waals surface area contributed by atoms with Gasteiger partial charge < -0.3 is 10.1 Å². The number of likely N-dealkylation sites (tertiary alicyclic amines) is 1. The molecule has 7 heteroatoms. The van der Waals surface area contributed by atoms with Gasteiger partial charge in [-0.25, -0.2) is 9.67 Å².